The molecule has 6 nitrogen and oxygen atoms in total. The van der Waals surface area contributed by atoms with Crippen molar-refractivity contribution in [1.29, 1.82) is 10.5 Å². The Hall–Kier alpha value is -2.61. The Morgan fingerprint density at radius 3 is 2.09 bits per heavy atom. The fourth-order valence-corrected chi connectivity index (χ4v) is 3.84. The summed E-state index contributed by atoms with van der Waals surface area (Å²) < 4.78 is 26.5. The summed E-state index contributed by atoms with van der Waals surface area (Å²) in [5.74, 6) is 0. The van der Waals surface area contributed by atoms with E-state index < -0.39 is 10.0 Å². The number of benzene rings is 2. The minimum absolute atomic E-state index is 0.101. The Balaban J connectivity index is 2.71. The smallest absolute Gasteiger partial charge is 0.245 e. The van der Waals surface area contributed by atoms with E-state index >= 15 is 0 Å². The topological polar surface area (TPSA) is 88.2 Å². The minimum atomic E-state index is -3.92. The number of rotatable bonds is 5. The predicted octanol–water partition coefficient (Wildman–Crippen LogP) is 1.94. The first-order chi connectivity index (χ1) is 10.9. The third kappa shape index (κ3) is 3.11. The SMILES string of the molecule is CN(C)c1cccc2c(S(=O)(=O)N(CC#N)CC#N)cccc12. The quantitative estimate of drug-likeness (QED) is 0.783. The molecule has 0 spiro atoms. The average molecular weight is 328 g/mol. The van der Waals surface area contributed by atoms with Crippen LogP contribution in [0.5, 0.6) is 0 Å². The summed E-state index contributed by atoms with van der Waals surface area (Å²) in [5.41, 5.74) is 0.895. The lowest BCUT2D eigenvalue weighted by Gasteiger charge is -2.20. The van der Waals surface area contributed by atoms with Gasteiger partial charge in [-0.1, -0.05) is 24.3 Å². The van der Waals surface area contributed by atoms with Gasteiger partial charge in [0, 0.05) is 30.6 Å². The van der Waals surface area contributed by atoms with Crippen LogP contribution in [0, 0.1) is 22.7 Å². The maximum atomic E-state index is 12.8. The first-order valence-corrected chi connectivity index (χ1v) is 8.30. The lowest BCUT2D eigenvalue weighted by atomic mass is 10.1. The molecule has 0 N–H and O–H groups in total. The third-order valence-electron chi connectivity index (χ3n) is 3.45. The Bertz CT molecular complexity index is 892. The fourth-order valence-electron chi connectivity index (χ4n) is 2.40. The molecular weight excluding hydrogens is 312 g/mol. The van der Waals surface area contributed by atoms with E-state index in [2.05, 4.69) is 0 Å². The molecule has 2 aromatic rings. The van der Waals surface area contributed by atoms with Crippen LogP contribution in [0.15, 0.2) is 41.3 Å². The van der Waals surface area contributed by atoms with Crippen molar-refractivity contribution in [2.75, 3.05) is 32.1 Å². The number of hydrogen-bond donors (Lipinski definition) is 0. The van der Waals surface area contributed by atoms with Crippen molar-refractivity contribution in [3.05, 3.63) is 36.4 Å². The van der Waals surface area contributed by atoms with Gasteiger partial charge in [0.1, 0.15) is 13.1 Å². The van der Waals surface area contributed by atoms with Gasteiger partial charge in [0.05, 0.1) is 17.0 Å². The first kappa shape index (κ1) is 16.8. The molecule has 2 rings (SSSR count). The second kappa shape index (κ2) is 6.66. The molecule has 0 aromatic heterocycles. The second-order valence-electron chi connectivity index (χ2n) is 5.11. The van der Waals surface area contributed by atoms with Gasteiger partial charge in [0.2, 0.25) is 10.0 Å². The van der Waals surface area contributed by atoms with E-state index in [1.54, 1.807) is 30.3 Å². The van der Waals surface area contributed by atoms with Crippen molar-refractivity contribution >= 4 is 26.5 Å². The molecule has 0 radical (unpaired) electrons. The molecule has 0 aliphatic carbocycles. The zero-order chi connectivity index (χ0) is 17.0. The van der Waals surface area contributed by atoms with E-state index in [-0.39, 0.29) is 18.0 Å². The van der Waals surface area contributed by atoms with Crippen LogP contribution in [0.25, 0.3) is 10.8 Å². The van der Waals surface area contributed by atoms with Crippen LogP contribution < -0.4 is 4.90 Å². The normalized spacial score (nSPS) is 11.2. The van der Waals surface area contributed by atoms with Gasteiger partial charge in [-0.2, -0.15) is 14.8 Å². The molecule has 0 bridgehead atoms. The highest BCUT2D eigenvalue weighted by atomic mass is 32.2. The molecule has 23 heavy (non-hydrogen) atoms. The largest absolute Gasteiger partial charge is 0.377 e. The summed E-state index contributed by atoms with van der Waals surface area (Å²) in [7, 11) is -0.160. The lowest BCUT2D eigenvalue weighted by molar-refractivity contribution is 0.480. The van der Waals surface area contributed by atoms with Crippen molar-refractivity contribution in [2.45, 2.75) is 4.90 Å². The summed E-state index contributed by atoms with van der Waals surface area (Å²) in [5, 5.41) is 19.0. The van der Waals surface area contributed by atoms with E-state index in [0.29, 0.717) is 5.39 Å². The Morgan fingerprint density at radius 2 is 1.52 bits per heavy atom. The number of anilines is 1. The third-order valence-corrected chi connectivity index (χ3v) is 5.30. The van der Waals surface area contributed by atoms with Gasteiger partial charge in [-0.05, 0) is 12.1 Å². The monoisotopic (exact) mass is 328 g/mol. The molecule has 0 aliphatic rings. The summed E-state index contributed by atoms with van der Waals surface area (Å²) in [6.45, 7) is -0.723. The molecule has 0 heterocycles. The molecular formula is C16H16N4O2S. The number of hydrogen-bond acceptors (Lipinski definition) is 5. The van der Waals surface area contributed by atoms with Crippen LogP contribution in [0.3, 0.4) is 0 Å². The molecule has 118 valence electrons. The average Bonchev–Trinajstić information content (AvgIpc) is 2.53. The van der Waals surface area contributed by atoms with Crippen LogP contribution in [-0.2, 0) is 10.0 Å². The van der Waals surface area contributed by atoms with E-state index in [1.807, 2.05) is 31.1 Å². The Kier molecular flexibility index (Phi) is 4.85. The van der Waals surface area contributed by atoms with Crippen molar-refractivity contribution in [3.8, 4) is 12.1 Å². The number of nitriles is 2. The highest BCUT2D eigenvalue weighted by Crippen LogP contribution is 2.31. The van der Waals surface area contributed by atoms with Crippen LogP contribution in [0.1, 0.15) is 0 Å². The van der Waals surface area contributed by atoms with Gasteiger partial charge < -0.3 is 4.90 Å². The van der Waals surface area contributed by atoms with Crippen molar-refractivity contribution in [3.63, 3.8) is 0 Å². The fraction of sp³-hybridized carbons (Fsp3) is 0.250. The molecule has 0 saturated heterocycles. The van der Waals surface area contributed by atoms with Gasteiger partial charge in [0.15, 0.2) is 0 Å². The summed E-state index contributed by atoms with van der Waals surface area (Å²) in [4.78, 5) is 2.00. The molecule has 0 fully saturated rings. The standard InChI is InChI=1S/C16H16N4O2S/c1-19(2)15-7-3-6-14-13(15)5-4-8-16(14)23(21,22)20(11-9-17)12-10-18/h3-8H,11-12H2,1-2H3. The van der Waals surface area contributed by atoms with Crippen LogP contribution in [-0.4, -0.2) is 39.9 Å². The summed E-state index contributed by atoms with van der Waals surface area (Å²) >= 11 is 0. The molecule has 0 unspecified atom stereocenters. The van der Waals surface area contributed by atoms with Gasteiger partial charge >= 0.3 is 0 Å². The van der Waals surface area contributed by atoms with E-state index in [0.717, 1.165) is 15.4 Å². The highest BCUT2D eigenvalue weighted by Gasteiger charge is 2.26. The number of fused-ring (bicyclic) bond motifs is 1. The van der Waals surface area contributed by atoms with Gasteiger partial charge in [-0.3, -0.25) is 0 Å². The number of sulfonamides is 1. The second-order valence-corrected chi connectivity index (χ2v) is 7.02. The maximum Gasteiger partial charge on any atom is 0.245 e. The molecule has 0 saturated carbocycles. The van der Waals surface area contributed by atoms with Crippen molar-refractivity contribution in [1.82, 2.24) is 4.31 Å². The zero-order valence-corrected chi connectivity index (χ0v) is 13.7. The lowest BCUT2D eigenvalue weighted by Crippen LogP contribution is -2.32. The van der Waals surface area contributed by atoms with Gasteiger partial charge in [0.25, 0.3) is 0 Å². The Labute approximate surface area is 135 Å². The first-order valence-electron chi connectivity index (χ1n) is 6.86. The van der Waals surface area contributed by atoms with E-state index in [4.69, 9.17) is 10.5 Å². The number of nitrogens with zero attached hydrogens (tertiary/aromatic N) is 4. The predicted molar refractivity (Wildman–Crippen MR) is 88.3 cm³/mol. The maximum absolute atomic E-state index is 12.8. The van der Waals surface area contributed by atoms with Crippen LogP contribution in [0.2, 0.25) is 0 Å². The Morgan fingerprint density at radius 1 is 0.957 bits per heavy atom. The van der Waals surface area contributed by atoms with Crippen molar-refractivity contribution in [2.24, 2.45) is 0 Å². The van der Waals surface area contributed by atoms with E-state index in [9.17, 15) is 8.42 Å². The van der Waals surface area contributed by atoms with Gasteiger partial charge in [-0.25, -0.2) is 8.42 Å². The summed E-state index contributed by atoms with van der Waals surface area (Å²) in [6.07, 6.45) is 0. The minimum Gasteiger partial charge on any atom is -0.377 e. The highest BCUT2D eigenvalue weighted by molar-refractivity contribution is 7.89. The zero-order valence-electron chi connectivity index (χ0n) is 12.9. The summed E-state index contributed by atoms with van der Waals surface area (Å²) in [6, 6.07) is 14.0. The van der Waals surface area contributed by atoms with Crippen LogP contribution >= 0.6 is 0 Å². The molecule has 0 atom stereocenters. The molecule has 7 heteroatoms. The molecule has 0 aliphatic heterocycles. The molecule has 0 amide bonds. The van der Waals surface area contributed by atoms with Gasteiger partial charge in [-0.15, -0.1) is 0 Å². The van der Waals surface area contributed by atoms with Crippen molar-refractivity contribution < 1.29 is 8.42 Å². The van der Waals surface area contributed by atoms with E-state index in [1.165, 1.54) is 6.07 Å². The molecule has 2 aromatic carbocycles. The van der Waals surface area contributed by atoms with Crippen LogP contribution in [0.4, 0.5) is 5.69 Å².